The Hall–Kier alpha value is -0.680. The second-order valence-corrected chi connectivity index (χ2v) is 6.54. The van der Waals surface area contributed by atoms with E-state index in [9.17, 15) is 0 Å². The molecule has 0 bridgehead atoms. The molecule has 24 heavy (non-hydrogen) atoms. The van der Waals surface area contributed by atoms with Gasteiger partial charge in [-0.2, -0.15) is 0 Å². The second kappa shape index (κ2) is 9.71. The van der Waals surface area contributed by atoms with Crippen LogP contribution in [0, 0.1) is 5.92 Å². The van der Waals surface area contributed by atoms with E-state index in [2.05, 4.69) is 35.1 Å². The maximum absolute atomic E-state index is 6.49. The van der Waals surface area contributed by atoms with Gasteiger partial charge in [0.05, 0.1) is 21.7 Å². The lowest BCUT2D eigenvalue weighted by molar-refractivity contribution is 0.481. The lowest BCUT2D eigenvalue weighted by Crippen LogP contribution is -2.43. The van der Waals surface area contributed by atoms with Gasteiger partial charge in [-0.15, -0.1) is 24.8 Å². The number of aromatic amines is 1. The Morgan fingerprint density at radius 2 is 1.83 bits per heavy atom. The van der Waals surface area contributed by atoms with Crippen molar-refractivity contribution in [2.45, 2.75) is 33.1 Å². The zero-order chi connectivity index (χ0) is 15.5. The first-order valence-electron chi connectivity index (χ1n) is 8.35. The number of fused-ring (bicyclic) bond motifs is 1. The lowest BCUT2D eigenvalue weighted by Gasteiger charge is -2.30. The van der Waals surface area contributed by atoms with Crippen molar-refractivity contribution >= 4 is 53.1 Å². The molecule has 1 saturated heterocycles. The molecule has 0 spiro atoms. The minimum Gasteiger partial charge on any atom is -0.368 e. The van der Waals surface area contributed by atoms with Crippen LogP contribution in [-0.4, -0.2) is 36.1 Å². The molecular formula is C17H27Cl3N4. The average Bonchev–Trinajstić information content (AvgIpc) is 2.93. The van der Waals surface area contributed by atoms with Crippen LogP contribution in [0.4, 0.5) is 5.69 Å². The highest BCUT2D eigenvalue weighted by Gasteiger charge is 2.16. The third-order valence-electron chi connectivity index (χ3n) is 4.69. The molecule has 1 fully saturated rings. The van der Waals surface area contributed by atoms with Gasteiger partial charge in [-0.3, -0.25) is 0 Å². The molecule has 0 amide bonds. The number of aromatic nitrogens is 2. The normalized spacial score (nSPS) is 14.6. The summed E-state index contributed by atoms with van der Waals surface area (Å²) in [7, 11) is 0. The predicted molar refractivity (Wildman–Crippen MR) is 108 cm³/mol. The predicted octanol–water partition coefficient (Wildman–Crippen LogP) is 4.45. The molecule has 2 heterocycles. The number of halogens is 3. The fourth-order valence-electron chi connectivity index (χ4n) is 3.17. The van der Waals surface area contributed by atoms with Gasteiger partial charge in [0.15, 0.2) is 0 Å². The van der Waals surface area contributed by atoms with Crippen LogP contribution in [0.2, 0.25) is 5.02 Å². The molecule has 3 rings (SSSR count). The van der Waals surface area contributed by atoms with E-state index in [-0.39, 0.29) is 24.8 Å². The fraction of sp³-hybridized carbons (Fsp3) is 0.588. The molecule has 0 atom stereocenters. The van der Waals surface area contributed by atoms with E-state index in [0.29, 0.717) is 5.92 Å². The first-order valence-corrected chi connectivity index (χ1v) is 8.72. The summed E-state index contributed by atoms with van der Waals surface area (Å²) in [6.45, 7) is 8.51. The number of hydrogen-bond acceptors (Lipinski definition) is 3. The number of piperazine rings is 1. The van der Waals surface area contributed by atoms with Crippen LogP contribution in [0.3, 0.4) is 0 Å². The SMILES string of the molecule is CCC(CC)Cc1nc2cc(Cl)c(N3CCNCC3)cc2[nH]1.Cl.Cl. The van der Waals surface area contributed by atoms with E-state index in [0.717, 1.165) is 60.2 Å². The van der Waals surface area contributed by atoms with Crippen molar-refractivity contribution in [1.82, 2.24) is 15.3 Å². The van der Waals surface area contributed by atoms with E-state index < -0.39 is 0 Å². The van der Waals surface area contributed by atoms with E-state index >= 15 is 0 Å². The zero-order valence-corrected chi connectivity index (χ0v) is 16.7. The number of hydrogen-bond donors (Lipinski definition) is 2. The summed E-state index contributed by atoms with van der Waals surface area (Å²) in [5.41, 5.74) is 3.19. The van der Waals surface area contributed by atoms with Crippen LogP contribution in [0.1, 0.15) is 32.5 Å². The Morgan fingerprint density at radius 1 is 1.17 bits per heavy atom. The van der Waals surface area contributed by atoms with Crippen LogP contribution < -0.4 is 10.2 Å². The third kappa shape index (κ3) is 4.69. The first-order chi connectivity index (χ1) is 10.7. The molecule has 2 aromatic rings. The van der Waals surface area contributed by atoms with Crippen LogP contribution in [0.5, 0.6) is 0 Å². The van der Waals surface area contributed by atoms with Gasteiger partial charge in [-0.25, -0.2) is 4.98 Å². The van der Waals surface area contributed by atoms with E-state index in [4.69, 9.17) is 16.6 Å². The summed E-state index contributed by atoms with van der Waals surface area (Å²) in [6, 6.07) is 4.16. The average molecular weight is 394 g/mol. The van der Waals surface area contributed by atoms with Crippen LogP contribution in [-0.2, 0) is 6.42 Å². The molecule has 2 N–H and O–H groups in total. The maximum atomic E-state index is 6.49. The topological polar surface area (TPSA) is 44.0 Å². The quantitative estimate of drug-likeness (QED) is 0.789. The van der Waals surface area contributed by atoms with Crippen LogP contribution >= 0.6 is 36.4 Å². The highest BCUT2D eigenvalue weighted by atomic mass is 35.5. The van der Waals surface area contributed by atoms with Crippen molar-refractivity contribution in [1.29, 1.82) is 0 Å². The molecule has 1 aliphatic heterocycles. The summed E-state index contributed by atoms with van der Waals surface area (Å²) < 4.78 is 0. The van der Waals surface area contributed by atoms with Crippen molar-refractivity contribution in [3.05, 3.63) is 23.0 Å². The highest BCUT2D eigenvalue weighted by Crippen LogP contribution is 2.31. The molecule has 136 valence electrons. The summed E-state index contributed by atoms with van der Waals surface area (Å²) in [4.78, 5) is 10.6. The molecule has 0 unspecified atom stereocenters. The molecule has 0 aliphatic carbocycles. The van der Waals surface area contributed by atoms with Gasteiger partial charge in [0.2, 0.25) is 0 Å². The molecule has 0 saturated carbocycles. The molecule has 1 aliphatic rings. The van der Waals surface area contributed by atoms with E-state index in [1.807, 2.05) is 6.07 Å². The van der Waals surface area contributed by atoms with Gasteiger partial charge in [0.25, 0.3) is 0 Å². The third-order valence-corrected chi connectivity index (χ3v) is 5.00. The van der Waals surface area contributed by atoms with Gasteiger partial charge >= 0.3 is 0 Å². The minimum absolute atomic E-state index is 0. The zero-order valence-electron chi connectivity index (χ0n) is 14.3. The largest absolute Gasteiger partial charge is 0.368 e. The Morgan fingerprint density at radius 3 is 2.46 bits per heavy atom. The molecule has 7 heteroatoms. The van der Waals surface area contributed by atoms with Crippen molar-refractivity contribution < 1.29 is 0 Å². The number of imidazole rings is 1. The summed E-state index contributed by atoms with van der Waals surface area (Å²) in [5, 5.41) is 4.18. The number of anilines is 1. The van der Waals surface area contributed by atoms with Crippen LogP contribution in [0.15, 0.2) is 12.1 Å². The molecule has 4 nitrogen and oxygen atoms in total. The van der Waals surface area contributed by atoms with Crippen molar-refractivity contribution in [3.8, 4) is 0 Å². The minimum atomic E-state index is 0. The van der Waals surface area contributed by atoms with Gasteiger partial charge in [-0.1, -0.05) is 38.3 Å². The first kappa shape index (κ1) is 21.4. The van der Waals surface area contributed by atoms with Gasteiger partial charge in [-0.05, 0) is 18.1 Å². The Bertz CT molecular complexity index is 634. The molecule has 0 radical (unpaired) electrons. The van der Waals surface area contributed by atoms with Gasteiger partial charge in [0.1, 0.15) is 5.82 Å². The number of rotatable bonds is 5. The molecule has 1 aromatic carbocycles. The Kier molecular flexibility index (Phi) is 8.65. The van der Waals surface area contributed by atoms with E-state index in [1.54, 1.807) is 0 Å². The fourth-order valence-corrected chi connectivity index (χ4v) is 3.45. The number of benzene rings is 1. The second-order valence-electron chi connectivity index (χ2n) is 6.13. The Labute approximate surface area is 161 Å². The van der Waals surface area contributed by atoms with E-state index in [1.165, 1.54) is 12.8 Å². The molecule has 1 aromatic heterocycles. The number of nitrogens with one attached hydrogen (secondary N) is 2. The monoisotopic (exact) mass is 392 g/mol. The molecular weight excluding hydrogens is 367 g/mol. The van der Waals surface area contributed by atoms with Gasteiger partial charge in [0, 0.05) is 32.6 Å². The number of nitrogens with zero attached hydrogens (tertiary/aromatic N) is 2. The van der Waals surface area contributed by atoms with Crippen LogP contribution in [0.25, 0.3) is 11.0 Å². The lowest BCUT2D eigenvalue weighted by atomic mass is 9.99. The van der Waals surface area contributed by atoms with Crippen molar-refractivity contribution in [2.75, 3.05) is 31.1 Å². The standard InChI is InChI=1S/C17H25ClN4.2ClH/c1-3-12(4-2)9-17-20-14-10-13(18)16(11-15(14)21-17)22-7-5-19-6-8-22;;/h10-12,19H,3-9H2,1-2H3,(H,20,21);2*1H. The summed E-state index contributed by atoms with van der Waals surface area (Å²) >= 11 is 6.49. The summed E-state index contributed by atoms with van der Waals surface area (Å²) in [5.74, 6) is 1.78. The summed E-state index contributed by atoms with van der Waals surface area (Å²) in [6.07, 6.45) is 3.41. The van der Waals surface area contributed by atoms with Crippen molar-refractivity contribution in [3.63, 3.8) is 0 Å². The van der Waals surface area contributed by atoms with Crippen molar-refractivity contribution in [2.24, 2.45) is 5.92 Å². The highest BCUT2D eigenvalue weighted by molar-refractivity contribution is 6.34. The Balaban J connectivity index is 0.00000144. The maximum Gasteiger partial charge on any atom is 0.107 e. The van der Waals surface area contributed by atoms with Gasteiger partial charge < -0.3 is 15.2 Å². The smallest absolute Gasteiger partial charge is 0.107 e. The number of H-pyrrole nitrogens is 1.